The van der Waals surface area contributed by atoms with E-state index in [2.05, 4.69) is 4.90 Å². The summed E-state index contributed by atoms with van der Waals surface area (Å²) in [5, 5.41) is 0. The molecule has 4 nitrogen and oxygen atoms in total. The standard InChI is InChI=1S/C14H25ClN2O2/c15-6-9-16-7-2-8-17(11-10-16)14(18)5-4-13-3-1-12-19-13/h13H,1-12H2. The van der Waals surface area contributed by atoms with Crippen LogP contribution in [-0.4, -0.2) is 67.0 Å². The van der Waals surface area contributed by atoms with Crippen molar-refractivity contribution in [2.45, 2.75) is 38.2 Å². The van der Waals surface area contributed by atoms with Crippen molar-refractivity contribution >= 4 is 17.5 Å². The van der Waals surface area contributed by atoms with Crippen molar-refractivity contribution in [3.63, 3.8) is 0 Å². The first-order chi connectivity index (χ1) is 9.29. The topological polar surface area (TPSA) is 32.8 Å². The van der Waals surface area contributed by atoms with E-state index in [1.165, 1.54) is 0 Å². The summed E-state index contributed by atoms with van der Waals surface area (Å²) in [6, 6.07) is 0. The van der Waals surface area contributed by atoms with Crippen molar-refractivity contribution in [1.29, 1.82) is 0 Å². The number of carbonyl (C=O) groups is 1. The second kappa shape index (κ2) is 8.08. The maximum Gasteiger partial charge on any atom is 0.222 e. The second-order valence-electron chi connectivity index (χ2n) is 5.44. The summed E-state index contributed by atoms with van der Waals surface area (Å²) in [5.41, 5.74) is 0. The van der Waals surface area contributed by atoms with E-state index in [1.54, 1.807) is 0 Å². The van der Waals surface area contributed by atoms with Crippen LogP contribution in [0.15, 0.2) is 0 Å². The fraction of sp³-hybridized carbons (Fsp3) is 0.929. The van der Waals surface area contributed by atoms with Gasteiger partial charge in [0.15, 0.2) is 0 Å². The van der Waals surface area contributed by atoms with Crippen LogP contribution >= 0.6 is 11.6 Å². The van der Waals surface area contributed by atoms with Crippen LogP contribution in [0.25, 0.3) is 0 Å². The van der Waals surface area contributed by atoms with E-state index >= 15 is 0 Å². The van der Waals surface area contributed by atoms with Crippen molar-refractivity contribution in [2.75, 3.05) is 45.2 Å². The Morgan fingerprint density at radius 2 is 2.11 bits per heavy atom. The monoisotopic (exact) mass is 288 g/mol. The molecule has 2 aliphatic heterocycles. The molecule has 0 saturated carbocycles. The fourth-order valence-electron chi connectivity index (χ4n) is 2.88. The Bertz CT molecular complexity index is 283. The zero-order valence-corrected chi connectivity index (χ0v) is 12.4. The fourth-order valence-corrected chi connectivity index (χ4v) is 3.12. The maximum atomic E-state index is 12.2. The summed E-state index contributed by atoms with van der Waals surface area (Å²) in [5.74, 6) is 0.968. The van der Waals surface area contributed by atoms with Gasteiger partial charge >= 0.3 is 0 Å². The highest BCUT2D eigenvalue weighted by Gasteiger charge is 2.21. The van der Waals surface area contributed by atoms with Crippen LogP contribution in [0.1, 0.15) is 32.1 Å². The predicted octanol–water partition coefficient (Wildman–Crippen LogP) is 1.72. The molecule has 2 heterocycles. The lowest BCUT2D eigenvalue weighted by molar-refractivity contribution is -0.131. The van der Waals surface area contributed by atoms with Crippen LogP contribution in [0.4, 0.5) is 0 Å². The number of rotatable bonds is 5. The Kier molecular flexibility index (Phi) is 6.41. The molecular formula is C14H25ClN2O2. The molecule has 2 saturated heterocycles. The molecule has 1 amide bonds. The summed E-state index contributed by atoms with van der Waals surface area (Å²) >= 11 is 5.77. The van der Waals surface area contributed by atoms with E-state index in [0.29, 0.717) is 24.3 Å². The number of hydrogen-bond donors (Lipinski definition) is 0. The highest BCUT2D eigenvalue weighted by Crippen LogP contribution is 2.17. The molecule has 110 valence electrons. The number of alkyl halides is 1. The van der Waals surface area contributed by atoms with Crippen LogP contribution in [0.5, 0.6) is 0 Å². The Morgan fingerprint density at radius 1 is 1.21 bits per heavy atom. The van der Waals surface area contributed by atoms with Gasteiger partial charge in [0.1, 0.15) is 0 Å². The third kappa shape index (κ3) is 4.93. The summed E-state index contributed by atoms with van der Waals surface area (Å²) < 4.78 is 5.57. The molecule has 2 rings (SSSR count). The number of carbonyl (C=O) groups excluding carboxylic acids is 1. The normalized spacial score (nSPS) is 25.5. The molecule has 1 atom stereocenters. The molecule has 0 bridgehead atoms. The summed E-state index contributed by atoms with van der Waals surface area (Å²) in [7, 11) is 0. The molecule has 0 radical (unpaired) electrons. The molecule has 0 aromatic heterocycles. The van der Waals surface area contributed by atoms with E-state index in [1.807, 2.05) is 4.90 Å². The Balaban J connectivity index is 1.69. The molecule has 1 unspecified atom stereocenters. The highest BCUT2D eigenvalue weighted by molar-refractivity contribution is 6.18. The molecule has 19 heavy (non-hydrogen) atoms. The van der Waals surface area contributed by atoms with Crippen LogP contribution < -0.4 is 0 Å². The molecule has 2 aliphatic rings. The van der Waals surface area contributed by atoms with Crippen LogP contribution in [0, 0.1) is 0 Å². The summed E-state index contributed by atoms with van der Waals surface area (Å²) in [6.45, 7) is 5.56. The molecule has 2 fully saturated rings. The van der Waals surface area contributed by atoms with Gasteiger partial charge < -0.3 is 14.5 Å². The van der Waals surface area contributed by atoms with E-state index in [9.17, 15) is 4.79 Å². The zero-order chi connectivity index (χ0) is 13.5. The van der Waals surface area contributed by atoms with Gasteiger partial charge in [0, 0.05) is 45.1 Å². The third-order valence-corrected chi connectivity index (χ3v) is 4.22. The second-order valence-corrected chi connectivity index (χ2v) is 5.82. The quantitative estimate of drug-likeness (QED) is 0.722. The van der Waals surface area contributed by atoms with Gasteiger partial charge in [-0.05, 0) is 32.2 Å². The first-order valence-corrected chi connectivity index (χ1v) is 8.01. The average molecular weight is 289 g/mol. The largest absolute Gasteiger partial charge is 0.378 e. The first-order valence-electron chi connectivity index (χ1n) is 7.47. The Hall–Kier alpha value is -0.320. The van der Waals surface area contributed by atoms with Gasteiger partial charge in [0.05, 0.1) is 6.10 Å². The van der Waals surface area contributed by atoms with Crippen LogP contribution in [0.3, 0.4) is 0 Å². The molecular weight excluding hydrogens is 264 g/mol. The van der Waals surface area contributed by atoms with Crippen molar-refractivity contribution < 1.29 is 9.53 Å². The van der Waals surface area contributed by atoms with Crippen molar-refractivity contribution in [1.82, 2.24) is 9.80 Å². The third-order valence-electron chi connectivity index (χ3n) is 4.05. The van der Waals surface area contributed by atoms with Crippen molar-refractivity contribution in [2.24, 2.45) is 0 Å². The number of amides is 1. The van der Waals surface area contributed by atoms with E-state index in [-0.39, 0.29) is 0 Å². The molecule has 0 aliphatic carbocycles. The van der Waals surface area contributed by atoms with Gasteiger partial charge in [0.25, 0.3) is 0 Å². The van der Waals surface area contributed by atoms with Crippen molar-refractivity contribution in [3.05, 3.63) is 0 Å². The minimum Gasteiger partial charge on any atom is -0.378 e. The van der Waals surface area contributed by atoms with Gasteiger partial charge in [-0.3, -0.25) is 4.79 Å². The zero-order valence-electron chi connectivity index (χ0n) is 11.7. The molecule has 0 aromatic carbocycles. The van der Waals surface area contributed by atoms with E-state index < -0.39 is 0 Å². The van der Waals surface area contributed by atoms with Gasteiger partial charge in [-0.25, -0.2) is 0 Å². The van der Waals surface area contributed by atoms with Crippen LogP contribution in [-0.2, 0) is 9.53 Å². The lowest BCUT2D eigenvalue weighted by atomic mass is 10.1. The van der Waals surface area contributed by atoms with Gasteiger partial charge in [-0.1, -0.05) is 0 Å². The lowest BCUT2D eigenvalue weighted by Crippen LogP contribution is -2.35. The molecule has 0 N–H and O–H groups in total. The summed E-state index contributed by atoms with van der Waals surface area (Å²) in [6.07, 6.45) is 5.18. The van der Waals surface area contributed by atoms with E-state index in [0.717, 1.165) is 65.0 Å². The predicted molar refractivity (Wildman–Crippen MR) is 76.6 cm³/mol. The van der Waals surface area contributed by atoms with Gasteiger partial charge in [0.2, 0.25) is 5.91 Å². The van der Waals surface area contributed by atoms with Gasteiger partial charge in [-0.15, -0.1) is 11.6 Å². The minimum absolute atomic E-state index is 0.295. The van der Waals surface area contributed by atoms with Crippen LogP contribution in [0.2, 0.25) is 0 Å². The Labute approximate surface area is 121 Å². The van der Waals surface area contributed by atoms with Crippen molar-refractivity contribution in [3.8, 4) is 0 Å². The average Bonchev–Trinajstić information content (AvgIpc) is 2.82. The lowest BCUT2D eigenvalue weighted by Gasteiger charge is -2.22. The minimum atomic E-state index is 0.295. The summed E-state index contributed by atoms with van der Waals surface area (Å²) in [4.78, 5) is 16.6. The Morgan fingerprint density at radius 3 is 2.84 bits per heavy atom. The number of ether oxygens (including phenoxy) is 1. The molecule has 0 spiro atoms. The van der Waals surface area contributed by atoms with E-state index in [4.69, 9.17) is 16.3 Å². The smallest absolute Gasteiger partial charge is 0.222 e. The number of nitrogens with zero attached hydrogens (tertiary/aromatic N) is 2. The number of hydrogen-bond acceptors (Lipinski definition) is 3. The highest BCUT2D eigenvalue weighted by atomic mass is 35.5. The maximum absolute atomic E-state index is 12.2. The SMILES string of the molecule is O=C(CCC1CCCO1)N1CCCN(CCCl)CC1. The molecule has 0 aromatic rings. The molecule has 5 heteroatoms. The first kappa shape index (κ1) is 15.1. The van der Waals surface area contributed by atoms with Gasteiger partial charge in [-0.2, -0.15) is 0 Å². The number of halogens is 1.